The molecule has 14 heavy (non-hydrogen) atoms. The molecule has 0 saturated heterocycles. The molecule has 0 spiro atoms. The number of hydrogen-bond donors (Lipinski definition) is 5. The van der Waals surface area contributed by atoms with Crippen molar-refractivity contribution in [2.75, 3.05) is 6.54 Å². The van der Waals surface area contributed by atoms with Gasteiger partial charge in [0, 0.05) is 0 Å². The van der Waals surface area contributed by atoms with Crippen molar-refractivity contribution in [3.63, 3.8) is 0 Å². The van der Waals surface area contributed by atoms with Gasteiger partial charge in [-0.25, -0.2) is 9.65 Å². The highest BCUT2D eigenvalue weighted by atomic mass is 31.2. The third-order valence-corrected chi connectivity index (χ3v) is 2.22. The van der Waals surface area contributed by atoms with Crippen LogP contribution in [0.15, 0.2) is 0 Å². The molecule has 8 heteroatoms. The number of carboxylic acid groups (broad SMARTS) is 1. The van der Waals surface area contributed by atoms with Gasteiger partial charge in [0.15, 0.2) is 0 Å². The molecule has 0 radical (unpaired) electrons. The van der Waals surface area contributed by atoms with Crippen LogP contribution in [0.2, 0.25) is 0 Å². The minimum atomic E-state index is -4.49. The van der Waals surface area contributed by atoms with E-state index in [4.69, 9.17) is 20.6 Å². The number of hydrogen-bond acceptors (Lipinski definition) is 3. The van der Waals surface area contributed by atoms with Crippen LogP contribution < -0.4 is 10.8 Å². The van der Waals surface area contributed by atoms with Crippen molar-refractivity contribution in [1.82, 2.24) is 5.09 Å². The van der Waals surface area contributed by atoms with Crippen molar-refractivity contribution in [3.05, 3.63) is 0 Å². The molecule has 0 aliphatic heterocycles. The Morgan fingerprint density at radius 2 is 2.00 bits per heavy atom. The lowest BCUT2D eigenvalue weighted by Crippen LogP contribution is -2.34. The lowest BCUT2D eigenvalue weighted by atomic mass is 10.1. The fraction of sp³-hybridized carbons (Fsp3) is 0.833. The van der Waals surface area contributed by atoms with E-state index < -0.39 is 19.8 Å². The molecule has 0 bridgehead atoms. The molecular formula is C6H15N2O5P. The van der Waals surface area contributed by atoms with Crippen LogP contribution in [0.3, 0.4) is 0 Å². The van der Waals surface area contributed by atoms with Crippen molar-refractivity contribution in [2.45, 2.75) is 25.3 Å². The van der Waals surface area contributed by atoms with Crippen molar-refractivity contribution in [1.29, 1.82) is 0 Å². The van der Waals surface area contributed by atoms with E-state index >= 15 is 0 Å². The van der Waals surface area contributed by atoms with Gasteiger partial charge in [-0.15, -0.1) is 0 Å². The molecule has 0 saturated carbocycles. The van der Waals surface area contributed by atoms with E-state index in [0.717, 1.165) is 0 Å². The van der Waals surface area contributed by atoms with Crippen LogP contribution in [-0.2, 0) is 9.36 Å². The van der Waals surface area contributed by atoms with Crippen molar-refractivity contribution >= 4 is 13.7 Å². The quantitative estimate of drug-likeness (QED) is 0.285. The summed E-state index contributed by atoms with van der Waals surface area (Å²) >= 11 is 0. The number of carboxylic acids is 1. The number of nitrogens with one attached hydrogen (secondary N) is 1. The molecule has 0 rings (SSSR count). The summed E-state index contributed by atoms with van der Waals surface area (Å²) in [6, 6.07) is -1.22. The average Bonchev–Trinajstić information content (AvgIpc) is 2.00. The van der Waals surface area contributed by atoms with Gasteiger partial charge in [-0.05, 0) is 19.4 Å². The lowest BCUT2D eigenvalue weighted by molar-refractivity contribution is -0.139. The Hall–Kier alpha value is -0.460. The zero-order chi connectivity index (χ0) is 11.2. The summed E-state index contributed by atoms with van der Waals surface area (Å²) in [4.78, 5) is 27.5. The molecule has 0 fully saturated rings. The molecule has 7 nitrogen and oxygen atoms in total. The highest BCUT2D eigenvalue weighted by molar-refractivity contribution is 7.49. The van der Waals surface area contributed by atoms with Crippen molar-refractivity contribution in [2.24, 2.45) is 5.73 Å². The van der Waals surface area contributed by atoms with Crippen molar-refractivity contribution in [3.8, 4) is 0 Å². The van der Waals surface area contributed by atoms with E-state index in [1.54, 1.807) is 5.09 Å². The van der Waals surface area contributed by atoms with Gasteiger partial charge >= 0.3 is 13.7 Å². The maximum absolute atomic E-state index is 10.5. The molecular weight excluding hydrogens is 211 g/mol. The van der Waals surface area contributed by atoms with Gasteiger partial charge in [0.2, 0.25) is 0 Å². The molecule has 0 aromatic heterocycles. The Morgan fingerprint density at radius 3 is 2.36 bits per heavy atom. The van der Waals surface area contributed by atoms with E-state index in [0.29, 0.717) is 19.4 Å². The molecule has 0 aromatic carbocycles. The molecule has 0 aliphatic carbocycles. The van der Waals surface area contributed by atoms with Gasteiger partial charge in [0.1, 0.15) is 6.04 Å². The van der Waals surface area contributed by atoms with E-state index in [9.17, 15) is 9.36 Å². The second-order valence-electron chi connectivity index (χ2n) is 2.85. The normalized spacial score (nSPS) is 13.9. The molecule has 0 heterocycles. The first-order valence-corrected chi connectivity index (χ1v) is 5.74. The van der Waals surface area contributed by atoms with Gasteiger partial charge in [-0.2, -0.15) is 0 Å². The average molecular weight is 226 g/mol. The molecule has 0 amide bonds. The van der Waals surface area contributed by atoms with E-state index in [2.05, 4.69) is 0 Å². The number of nitrogens with two attached hydrogens (primary N) is 1. The van der Waals surface area contributed by atoms with Crippen LogP contribution in [0.5, 0.6) is 0 Å². The molecule has 6 N–H and O–H groups in total. The summed E-state index contributed by atoms with van der Waals surface area (Å²) in [6.07, 6.45) is 1.30. The highest BCUT2D eigenvalue weighted by Crippen LogP contribution is 2.29. The van der Waals surface area contributed by atoms with Crippen LogP contribution in [0, 0.1) is 0 Å². The van der Waals surface area contributed by atoms with Crippen LogP contribution in [0.4, 0.5) is 0 Å². The second kappa shape index (κ2) is 6.10. The SMILES string of the molecule is NCCCCC(NP(=O)(O)O)C(=O)O. The maximum Gasteiger partial charge on any atom is 0.401 e. The third kappa shape index (κ3) is 6.99. The Labute approximate surface area is 81.5 Å². The third-order valence-electron chi connectivity index (χ3n) is 1.57. The zero-order valence-corrected chi connectivity index (χ0v) is 8.48. The predicted octanol–water partition coefficient (Wildman–Crippen LogP) is -0.749. The summed E-state index contributed by atoms with van der Waals surface area (Å²) < 4.78 is 10.5. The van der Waals surface area contributed by atoms with Gasteiger partial charge in [0.05, 0.1) is 0 Å². The number of aliphatic carboxylic acids is 1. The van der Waals surface area contributed by atoms with E-state index in [1.807, 2.05) is 0 Å². The fourth-order valence-corrected chi connectivity index (χ4v) is 1.58. The number of carbonyl (C=O) groups is 1. The van der Waals surface area contributed by atoms with Gasteiger partial charge in [-0.1, -0.05) is 6.42 Å². The van der Waals surface area contributed by atoms with Crippen LogP contribution >= 0.6 is 7.75 Å². The maximum atomic E-state index is 10.5. The van der Waals surface area contributed by atoms with Gasteiger partial charge in [-0.3, -0.25) is 4.79 Å². The molecule has 0 aliphatic rings. The first-order valence-electron chi connectivity index (χ1n) is 4.13. The Bertz CT molecular complexity index is 228. The summed E-state index contributed by atoms with van der Waals surface area (Å²) in [5.74, 6) is -1.27. The van der Waals surface area contributed by atoms with Crippen LogP contribution in [0.25, 0.3) is 0 Å². The minimum absolute atomic E-state index is 0.150. The standard InChI is InChI=1S/C6H15N2O5P/c7-4-2-1-3-5(6(9)10)8-14(11,12)13/h5H,1-4,7H2,(H,9,10)(H3,8,11,12,13). The molecule has 84 valence electrons. The van der Waals surface area contributed by atoms with E-state index in [-0.39, 0.29) is 6.42 Å². The Kier molecular flexibility index (Phi) is 5.90. The zero-order valence-electron chi connectivity index (χ0n) is 7.59. The predicted molar refractivity (Wildman–Crippen MR) is 49.5 cm³/mol. The summed E-state index contributed by atoms with van der Waals surface area (Å²) in [7, 11) is -4.49. The monoisotopic (exact) mass is 226 g/mol. The van der Waals surface area contributed by atoms with Gasteiger partial charge < -0.3 is 20.6 Å². The first kappa shape index (κ1) is 13.5. The first-order chi connectivity index (χ1) is 6.37. The lowest BCUT2D eigenvalue weighted by Gasteiger charge is -2.14. The molecule has 0 aromatic rings. The Morgan fingerprint density at radius 1 is 1.43 bits per heavy atom. The number of unbranched alkanes of at least 4 members (excludes halogenated alkanes) is 1. The van der Waals surface area contributed by atoms with Crippen molar-refractivity contribution < 1.29 is 24.3 Å². The second-order valence-corrected chi connectivity index (χ2v) is 4.19. The minimum Gasteiger partial charge on any atom is -0.480 e. The van der Waals surface area contributed by atoms with E-state index in [1.165, 1.54) is 0 Å². The molecule has 1 unspecified atom stereocenters. The summed E-state index contributed by atoms with van der Waals surface area (Å²) in [5, 5.41) is 10.3. The smallest absolute Gasteiger partial charge is 0.401 e. The molecule has 1 atom stereocenters. The highest BCUT2D eigenvalue weighted by Gasteiger charge is 2.24. The summed E-state index contributed by atoms with van der Waals surface area (Å²) in [5.41, 5.74) is 5.20. The Balaban J connectivity index is 4.04. The van der Waals surface area contributed by atoms with Crippen LogP contribution in [-0.4, -0.2) is 33.4 Å². The largest absolute Gasteiger partial charge is 0.480 e. The fourth-order valence-electron chi connectivity index (χ4n) is 0.939. The summed E-state index contributed by atoms with van der Waals surface area (Å²) in [6.45, 7) is 0.433. The topological polar surface area (TPSA) is 133 Å². The van der Waals surface area contributed by atoms with Crippen LogP contribution in [0.1, 0.15) is 19.3 Å². The number of rotatable bonds is 7. The van der Waals surface area contributed by atoms with Gasteiger partial charge in [0.25, 0.3) is 0 Å².